The number of thiophene rings is 1. The molecule has 1 saturated carbocycles. The number of hydrogen-bond donors (Lipinski definition) is 2. The largest absolute Gasteiger partial charge is 0.493 e. The summed E-state index contributed by atoms with van der Waals surface area (Å²) in [5.74, 6) is 2.58. The molecule has 1 aromatic carbocycles. The van der Waals surface area contributed by atoms with Crippen LogP contribution in [-0.4, -0.2) is 44.1 Å². The molecule has 0 bridgehead atoms. The molecule has 2 N–H and O–H groups in total. The van der Waals surface area contributed by atoms with Gasteiger partial charge in [0.25, 0.3) is 0 Å². The van der Waals surface area contributed by atoms with Crippen molar-refractivity contribution >= 4 is 17.3 Å². The second-order valence-corrected chi connectivity index (χ2v) is 8.61. The lowest BCUT2D eigenvalue weighted by molar-refractivity contribution is 0.260. The van der Waals surface area contributed by atoms with Gasteiger partial charge in [0.15, 0.2) is 5.96 Å². The fraction of sp³-hybridized carbons (Fsp3) is 0.500. The van der Waals surface area contributed by atoms with Gasteiger partial charge in [-0.05, 0) is 48.3 Å². The summed E-state index contributed by atoms with van der Waals surface area (Å²) in [7, 11) is 1.82. The Kier molecular flexibility index (Phi) is 6.49. The van der Waals surface area contributed by atoms with Crippen molar-refractivity contribution < 1.29 is 4.74 Å². The number of rotatable bonds is 8. The molecule has 2 aromatic rings. The minimum Gasteiger partial charge on any atom is -0.493 e. The van der Waals surface area contributed by atoms with Gasteiger partial charge in [0.05, 0.1) is 6.61 Å². The van der Waals surface area contributed by atoms with Crippen LogP contribution >= 0.6 is 11.3 Å². The molecule has 0 amide bonds. The Balaban J connectivity index is 1.21. The van der Waals surface area contributed by atoms with Gasteiger partial charge < -0.3 is 15.4 Å². The minimum absolute atomic E-state index is 0.711. The highest BCUT2D eigenvalue weighted by Crippen LogP contribution is 2.30. The fourth-order valence-electron chi connectivity index (χ4n) is 3.51. The predicted molar refractivity (Wildman–Crippen MR) is 116 cm³/mol. The molecular weight excluding hydrogens is 368 g/mol. The first kappa shape index (κ1) is 19.3. The first-order valence-electron chi connectivity index (χ1n) is 10.2. The molecule has 0 atom stereocenters. The van der Waals surface area contributed by atoms with E-state index in [1.165, 1.54) is 30.4 Å². The third-order valence-corrected chi connectivity index (χ3v) is 6.44. The van der Waals surface area contributed by atoms with E-state index in [1.54, 1.807) is 4.88 Å². The van der Waals surface area contributed by atoms with Crippen LogP contribution in [0.3, 0.4) is 0 Å². The van der Waals surface area contributed by atoms with Crippen molar-refractivity contribution in [3.63, 3.8) is 0 Å². The van der Waals surface area contributed by atoms with Crippen LogP contribution in [-0.2, 0) is 19.5 Å². The van der Waals surface area contributed by atoms with Gasteiger partial charge in [-0.2, -0.15) is 0 Å². The van der Waals surface area contributed by atoms with E-state index in [2.05, 4.69) is 50.2 Å². The first-order chi connectivity index (χ1) is 13.8. The quantitative estimate of drug-likeness (QED) is 0.529. The zero-order valence-electron chi connectivity index (χ0n) is 16.6. The molecule has 6 heteroatoms. The molecule has 0 unspecified atom stereocenters. The van der Waals surface area contributed by atoms with Crippen LogP contribution in [0, 0.1) is 5.92 Å². The number of hydrogen-bond acceptors (Lipinski definition) is 4. The zero-order valence-corrected chi connectivity index (χ0v) is 17.4. The lowest BCUT2D eigenvalue weighted by Crippen LogP contribution is -2.42. The third kappa shape index (κ3) is 5.26. The van der Waals surface area contributed by atoms with Gasteiger partial charge >= 0.3 is 0 Å². The van der Waals surface area contributed by atoms with Gasteiger partial charge in [-0.15, -0.1) is 11.3 Å². The summed E-state index contributed by atoms with van der Waals surface area (Å²) < 4.78 is 6.00. The van der Waals surface area contributed by atoms with Gasteiger partial charge in [-0.1, -0.05) is 18.2 Å². The van der Waals surface area contributed by atoms with Crippen molar-refractivity contribution in [2.24, 2.45) is 10.9 Å². The number of benzene rings is 1. The molecule has 1 aromatic heterocycles. The van der Waals surface area contributed by atoms with E-state index >= 15 is 0 Å². The molecule has 0 spiro atoms. The monoisotopic (exact) mass is 398 g/mol. The highest BCUT2D eigenvalue weighted by Gasteiger charge is 2.22. The van der Waals surface area contributed by atoms with Gasteiger partial charge in [-0.3, -0.25) is 9.89 Å². The molecule has 4 rings (SSSR count). The number of para-hydroxylation sites is 1. The predicted octanol–water partition coefficient (Wildman–Crippen LogP) is 3.26. The Morgan fingerprint density at radius 1 is 1.25 bits per heavy atom. The van der Waals surface area contributed by atoms with E-state index in [0.29, 0.717) is 6.54 Å². The SMILES string of the molecule is CN=C(NCCN1CCc2sccc2C1)NCc1ccccc1OCC1CC1. The Labute approximate surface area is 171 Å². The van der Waals surface area contributed by atoms with Crippen LogP contribution < -0.4 is 15.4 Å². The van der Waals surface area contributed by atoms with Crippen molar-refractivity contribution in [1.29, 1.82) is 0 Å². The van der Waals surface area contributed by atoms with Crippen LogP contribution in [0.4, 0.5) is 0 Å². The summed E-state index contributed by atoms with van der Waals surface area (Å²) in [4.78, 5) is 8.43. The molecule has 0 saturated heterocycles. The second kappa shape index (κ2) is 9.43. The molecular formula is C22H30N4OS. The highest BCUT2D eigenvalue weighted by molar-refractivity contribution is 7.10. The topological polar surface area (TPSA) is 48.9 Å². The number of nitrogens with one attached hydrogen (secondary N) is 2. The van der Waals surface area contributed by atoms with Crippen molar-refractivity contribution in [1.82, 2.24) is 15.5 Å². The van der Waals surface area contributed by atoms with E-state index in [4.69, 9.17) is 4.74 Å². The van der Waals surface area contributed by atoms with Gasteiger partial charge in [-0.25, -0.2) is 0 Å². The van der Waals surface area contributed by atoms with E-state index in [9.17, 15) is 0 Å². The Bertz CT molecular complexity index is 799. The molecule has 1 aliphatic carbocycles. The van der Waals surface area contributed by atoms with Crippen LogP contribution in [0.5, 0.6) is 5.75 Å². The zero-order chi connectivity index (χ0) is 19.2. The van der Waals surface area contributed by atoms with Crippen molar-refractivity contribution in [3.8, 4) is 5.75 Å². The second-order valence-electron chi connectivity index (χ2n) is 7.61. The standard InChI is InChI=1S/C22H30N4OS/c1-23-22(24-10-12-26-11-8-21-19(15-26)9-13-28-21)25-14-18-4-2-3-5-20(18)27-16-17-6-7-17/h2-5,9,13,17H,6-8,10-12,14-16H2,1H3,(H2,23,24,25). The first-order valence-corrected chi connectivity index (χ1v) is 11.1. The molecule has 2 heterocycles. The summed E-state index contributed by atoms with van der Waals surface area (Å²) in [5.41, 5.74) is 2.67. The fourth-order valence-corrected chi connectivity index (χ4v) is 4.40. The molecule has 28 heavy (non-hydrogen) atoms. The maximum Gasteiger partial charge on any atom is 0.191 e. The summed E-state index contributed by atoms with van der Waals surface area (Å²) in [6.07, 6.45) is 3.79. The number of aliphatic imine (C=N–C) groups is 1. The van der Waals surface area contributed by atoms with Crippen LogP contribution in [0.2, 0.25) is 0 Å². The average molecular weight is 399 g/mol. The summed E-state index contributed by atoms with van der Waals surface area (Å²) in [5, 5.41) is 9.08. The van der Waals surface area contributed by atoms with Crippen LogP contribution in [0.1, 0.15) is 28.8 Å². The van der Waals surface area contributed by atoms with Gasteiger partial charge in [0, 0.05) is 50.2 Å². The normalized spacial score (nSPS) is 17.2. The van der Waals surface area contributed by atoms with Gasteiger partial charge in [0.2, 0.25) is 0 Å². The third-order valence-electron chi connectivity index (χ3n) is 5.42. The number of guanidine groups is 1. The van der Waals surface area contributed by atoms with Crippen molar-refractivity contribution in [3.05, 3.63) is 51.7 Å². The van der Waals surface area contributed by atoms with E-state index < -0.39 is 0 Å². The highest BCUT2D eigenvalue weighted by atomic mass is 32.1. The van der Waals surface area contributed by atoms with E-state index in [-0.39, 0.29) is 0 Å². The van der Waals surface area contributed by atoms with E-state index in [0.717, 1.165) is 50.4 Å². The average Bonchev–Trinajstić information content (AvgIpc) is 3.44. The van der Waals surface area contributed by atoms with Crippen molar-refractivity contribution in [2.75, 3.05) is 33.3 Å². The molecule has 2 aliphatic rings. The molecule has 1 aliphatic heterocycles. The lowest BCUT2D eigenvalue weighted by atomic mass is 10.1. The molecule has 0 radical (unpaired) electrons. The molecule has 1 fully saturated rings. The summed E-state index contributed by atoms with van der Waals surface area (Å²) >= 11 is 1.89. The smallest absolute Gasteiger partial charge is 0.191 e. The molecule has 150 valence electrons. The maximum absolute atomic E-state index is 6.00. The minimum atomic E-state index is 0.711. The Morgan fingerprint density at radius 3 is 3.00 bits per heavy atom. The van der Waals surface area contributed by atoms with Crippen LogP contribution in [0.25, 0.3) is 0 Å². The van der Waals surface area contributed by atoms with Gasteiger partial charge in [0.1, 0.15) is 5.75 Å². The van der Waals surface area contributed by atoms with Crippen LogP contribution in [0.15, 0.2) is 40.7 Å². The Morgan fingerprint density at radius 2 is 2.14 bits per heavy atom. The summed E-state index contributed by atoms with van der Waals surface area (Å²) in [6, 6.07) is 10.5. The maximum atomic E-state index is 6.00. The lowest BCUT2D eigenvalue weighted by Gasteiger charge is -2.27. The molecule has 5 nitrogen and oxygen atoms in total. The van der Waals surface area contributed by atoms with Crippen molar-refractivity contribution in [2.45, 2.75) is 32.4 Å². The number of nitrogens with zero attached hydrogens (tertiary/aromatic N) is 2. The Hall–Kier alpha value is -2.05. The van der Waals surface area contributed by atoms with E-state index in [1.807, 2.05) is 24.5 Å². The number of ether oxygens (including phenoxy) is 1. The summed E-state index contributed by atoms with van der Waals surface area (Å²) in [6.45, 7) is 5.68. The number of fused-ring (bicyclic) bond motifs is 1.